The van der Waals surface area contributed by atoms with Gasteiger partial charge in [-0.2, -0.15) is 0 Å². The van der Waals surface area contributed by atoms with Crippen molar-refractivity contribution >= 4 is 17.4 Å². The highest BCUT2D eigenvalue weighted by atomic mass is 32.2. The predicted octanol–water partition coefficient (Wildman–Crippen LogP) is 4.89. The third-order valence-electron chi connectivity index (χ3n) is 4.99. The molecule has 0 amide bonds. The van der Waals surface area contributed by atoms with Gasteiger partial charge in [0, 0.05) is 29.7 Å². The largest absolute Gasteiger partial charge is 0.420 e. The normalized spacial score (nSPS) is 11.0. The third kappa shape index (κ3) is 4.28. The number of benzene rings is 2. The van der Waals surface area contributed by atoms with Crippen LogP contribution >= 0.6 is 11.8 Å². The first-order valence-electron chi connectivity index (χ1n) is 10.2. The Kier molecular flexibility index (Phi) is 5.83. The molecule has 5 rings (SSSR count). The van der Waals surface area contributed by atoms with Gasteiger partial charge in [-0.25, -0.2) is 0 Å². The monoisotopic (exact) mass is 471 g/mol. The molecule has 10 nitrogen and oxygen atoms in total. The maximum atomic E-state index is 11.3. The highest BCUT2D eigenvalue weighted by Gasteiger charge is 2.21. The van der Waals surface area contributed by atoms with E-state index in [1.54, 1.807) is 30.6 Å². The summed E-state index contributed by atoms with van der Waals surface area (Å²) in [7, 11) is 0. The summed E-state index contributed by atoms with van der Waals surface area (Å²) in [4.78, 5) is 14.9. The summed E-state index contributed by atoms with van der Waals surface area (Å²) in [6.07, 6.45) is 3.41. The van der Waals surface area contributed by atoms with Crippen LogP contribution in [0.15, 0.2) is 82.6 Å². The molecule has 0 bridgehead atoms. The number of hydrogen-bond acceptors (Lipinski definition) is 9. The summed E-state index contributed by atoms with van der Waals surface area (Å²) in [6, 6.07) is 18.1. The molecule has 2 aromatic carbocycles. The molecule has 0 saturated carbocycles. The topological polar surface area (TPSA) is 126 Å². The minimum atomic E-state index is -0.474. The summed E-state index contributed by atoms with van der Waals surface area (Å²) in [5.74, 6) is 1.41. The minimum Gasteiger partial charge on any atom is -0.420 e. The van der Waals surface area contributed by atoms with E-state index in [4.69, 9.17) is 4.42 Å². The quantitative estimate of drug-likeness (QED) is 0.185. The van der Waals surface area contributed by atoms with Gasteiger partial charge in [0.15, 0.2) is 11.0 Å². The Morgan fingerprint density at radius 2 is 1.74 bits per heavy atom. The first kappa shape index (κ1) is 21.5. The zero-order valence-corrected chi connectivity index (χ0v) is 18.7. The van der Waals surface area contributed by atoms with Crippen LogP contribution in [0.3, 0.4) is 0 Å². The van der Waals surface area contributed by atoms with Crippen LogP contribution in [0.25, 0.3) is 28.5 Å². The van der Waals surface area contributed by atoms with Crippen molar-refractivity contribution in [2.75, 3.05) is 0 Å². The molecule has 0 saturated heterocycles. The zero-order valence-electron chi connectivity index (χ0n) is 17.9. The van der Waals surface area contributed by atoms with E-state index in [9.17, 15) is 10.1 Å². The summed E-state index contributed by atoms with van der Waals surface area (Å²) < 4.78 is 7.68. The molecule has 3 heterocycles. The van der Waals surface area contributed by atoms with E-state index in [2.05, 4.69) is 25.4 Å². The molecule has 0 aliphatic rings. The van der Waals surface area contributed by atoms with Crippen molar-refractivity contribution < 1.29 is 9.34 Å². The smallest absolute Gasteiger partial charge is 0.282 e. The zero-order chi connectivity index (χ0) is 23.5. The number of hydrogen-bond donors (Lipinski definition) is 0. The van der Waals surface area contributed by atoms with E-state index < -0.39 is 4.92 Å². The number of nitrogens with zero attached hydrogens (tertiary/aromatic N) is 7. The van der Waals surface area contributed by atoms with Gasteiger partial charge in [-0.3, -0.25) is 19.7 Å². The number of aromatic nitrogens is 6. The number of pyridine rings is 1. The van der Waals surface area contributed by atoms with Crippen molar-refractivity contribution in [1.82, 2.24) is 29.9 Å². The van der Waals surface area contributed by atoms with Gasteiger partial charge in [-0.05, 0) is 37.3 Å². The van der Waals surface area contributed by atoms with Crippen molar-refractivity contribution in [3.63, 3.8) is 0 Å². The lowest BCUT2D eigenvalue weighted by Gasteiger charge is -2.10. The first-order chi connectivity index (χ1) is 16.6. The number of nitro groups is 1. The van der Waals surface area contributed by atoms with Gasteiger partial charge < -0.3 is 4.42 Å². The van der Waals surface area contributed by atoms with Crippen molar-refractivity contribution in [2.45, 2.75) is 17.8 Å². The van der Waals surface area contributed by atoms with E-state index >= 15 is 0 Å². The lowest BCUT2D eigenvalue weighted by molar-refractivity contribution is -0.384. The van der Waals surface area contributed by atoms with Gasteiger partial charge in [0.1, 0.15) is 5.56 Å². The molecule has 34 heavy (non-hydrogen) atoms. The Morgan fingerprint density at radius 3 is 2.50 bits per heavy atom. The van der Waals surface area contributed by atoms with Crippen LogP contribution in [0.1, 0.15) is 11.5 Å². The molecule has 0 spiro atoms. The molecule has 5 aromatic rings. The fourth-order valence-corrected chi connectivity index (χ4v) is 4.13. The molecule has 0 N–H and O–H groups in total. The standard InChI is InChI=1S/C23H17N7O3S/c1-15-6-8-17(9-7-15)29-21(16-10-12-24-13-11-16)26-28-23(29)34-14-20-25-27-22(33-20)18-4-2-3-5-19(18)30(31)32/h2-13H,14H2,1H3. The van der Waals surface area contributed by atoms with E-state index in [1.165, 1.54) is 17.8 Å². The maximum Gasteiger partial charge on any atom is 0.282 e. The molecule has 0 fully saturated rings. The Labute approximate surface area is 197 Å². The average Bonchev–Trinajstić information content (AvgIpc) is 3.51. The van der Waals surface area contributed by atoms with E-state index in [1.807, 2.05) is 47.9 Å². The molecular formula is C23H17N7O3S. The molecule has 0 radical (unpaired) electrons. The Morgan fingerprint density at radius 1 is 0.971 bits per heavy atom. The number of aryl methyl sites for hydroxylation is 1. The number of nitro benzene ring substituents is 1. The van der Waals surface area contributed by atoms with E-state index in [-0.39, 0.29) is 17.1 Å². The SMILES string of the molecule is Cc1ccc(-n2c(SCc3nnc(-c4ccccc4[N+](=O)[O-])o3)nnc2-c2ccncc2)cc1. The minimum absolute atomic E-state index is 0.0912. The van der Waals surface area contributed by atoms with Gasteiger partial charge in [0.25, 0.3) is 11.6 Å². The highest BCUT2D eigenvalue weighted by molar-refractivity contribution is 7.98. The highest BCUT2D eigenvalue weighted by Crippen LogP contribution is 2.32. The summed E-state index contributed by atoms with van der Waals surface area (Å²) in [5.41, 5.74) is 3.12. The van der Waals surface area contributed by atoms with Crippen LogP contribution in [0.4, 0.5) is 5.69 Å². The van der Waals surface area contributed by atoms with Crippen LogP contribution in [0, 0.1) is 17.0 Å². The van der Waals surface area contributed by atoms with Crippen molar-refractivity contribution in [1.29, 1.82) is 0 Å². The van der Waals surface area contributed by atoms with Crippen LogP contribution < -0.4 is 0 Å². The first-order valence-corrected chi connectivity index (χ1v) is 11.2. The number of para-hydroxylation sites is 1. The van der Waals surface area contributed by atoms with E-state index in [0.717, 1.165) is 16.8 Å². The Bertz CT molecular complexity index is 1450. The number of rotatable bonds is 7. The maximum absolute atomic E-state index is 11.3. The lowest BCUT2D eigenvalue weighted by atomic mass is 10.2. The van der Waals surface area contributed by atoms with Gasteiger partial charge in [0.2, 0.25) is 5.89 Å². The predicted molar refractivity (Wildman–Crippen MR) is 125 cm³/mol. The molecule has 0 atom stereocenters. The second-order valence-corrected chi connectivity index (χ2v) is 8.22. The fourth-order valence-electron chi connectivity index (χ4n) is 3.34. The summed E-state index contributed by atoms with van der Waals surface area (Å²) in [5, 5.41) is 28.8. The number of thioether (sulfide) groups is 1. The molecule has 0 aliphatic heterocycles. The van der Waals surface area contributed by atoms with Gasteiger partial charge >= 0.3 is 0 Å². The van der Waals surface area contributed by atoms with Gasteiger partial charge in [0.05, 0.1) is 10.7 Å². The Balaban J connectivity index is 1.45. The van der Waals surface area contributed by atoms with Crippen molar-refractivity contribution in [3.8, 4) is 28.5 Å². The second-order valence-electron chi connectivity index (χ2n) is 7.28. The fraction of sp³-hybridized carbons (Fsp3) is 0.0870. The van der Waals surface area contributed by atoms with Gasteiger partial charge in [-0.1, -0.05) is 41.6 Å². The molecule has 11 heteroatoms. The second kappa shape index (κ2) is 9.24. The molecular weight excluding hydrogens is 454 g/mol. The van der Waals surface area contributed by atoms with Crippen LogP contribution in [0.2, 0.25) is 0 Å². The third-order valence-corrected chi connectivity index (χ3v) is 5.90. The summed E-state index contributed by atoms with van der Waals surface area (Å²) >= 11 is 1.38. The lowest BCUT2D eigenvalue weighted by Crippen LogP contribution is -2.00. The van der Waals surface area contributed by atoms with Crippen LogP contribution in [-0.4, -0.2) is 34.9 Å². The van der Waals surface area contributed by atoms with Gasteiger partial charge in [-0.15, -0.1) is 20.4 Å². The average molecular weight is 472 g/mol. The van der Waals surface area contributed by atoms with Crippen LogP contribution in [0.5, 0.6) is 0 Å². The summed E-state index contributed by atoms with van der Waals surface area (Å²) in [6.45, 7) is 2.03. The van der Waals surface area contributed by atoms with E-state index in [0.29, 0.717) is 22.6 Å². The molecule has 0 aliphatic carbocycles. The van der Waals surface area contributed by atoms with Crippen LogP contribution in [-0.2, 0) is 5.75 Å². The molecule has 0 unspecified atom stereocenters. The van der Waals surface area contributed by atoms with Crippen molar-refractivity contribution in [2.24, 2.45) is 0 Å². The van der Waals surface area contributed by atoms with Crippen molar-refractivity contribution in [3.05, 3.63) is 94.6 Å². The molecule has 168 valence electrons. The Hall–Kier alpha value is -4.38. The molecule has 3 aromatic heterocycles.